The molecule has 0 spiro atoms. The van der Waals surface area contributed by atoms with E-state index < -0.39 is 5.91 Å². The van der Waals surface area contributed by atoms with Gasteiger partial charge in [-0.05, 0) is 42.6 Å². The number of amides is 3. The minimum atomic E-state index is -0.438. The molecule has 0 atom stereocenters. The Balaban J connectivity index is 1.68. The molecule has 1 aromatic carbocycles. The van der Waals surface area contributed by atoms with Crippen LogP contribution in [-0.2, 0) is 9.59 Å². The first-order chi connectivity index (χ1) is 12.1. The van der Waals surface area contributed by atoms with Gasteiger partial charge in [0.2, 0.25) is 11.8 Å². The number of hydrazine groups is 1. The number of carbonyl (C=O) groups is 3. The Bertz CT molecular complexity index is 714. The first-order valence-electron chi connectivity index (χ1n) is 7.74. The van der Waals surface area contributed by atoms with E-state index >= 15 is 0 Å². The summed E-state index contributed by atoms with van der Waals surface area (Å²) in [6.45, 7) is 2.47. The SMILES string of the molecule is CCOc1ccc(NC(=O)CCC(=O)NNC(=O)c2cccs2)cc1. The third-order valence-corrected chi connectivity index (χ3v) is 3.96. The highest BCUT2D eigenvalue weighted by Crippen LogP contribution is 2.15. The molecule has 0 aliphatic heterocycles. The summed E-state index contributed by atoms with van der Waals surface area (Å²) in [6, 6.07) is 10.4. The zero-order valence-electron chi connectivity index (χ0n) is 13.7. The molecule has 2 aromatic rings. The summed E-state index contributed by atoms with van der Waals surface area (Å²) in [7, 11) is 0. The number of hydrogen-bond acceptors (Lipinski definition) is 5. The maximum atomic E-state index is 11.8. The van der Waals surface area contributed by atoms with Crippen molar-refractivity contribution in [3.8, 4) is 5.75 Å². The van der Waals surface area contributed by atoms with Gasteiger partial charge in [-0.1, -0.05) is 6.07 Å². The summed E-state index contributed by atoms with van der Waals surface area (Å²) in [4.78, 5) is 35.7. The highest BCUT2D eigenvalue weighted by atomic mass is 32.1. The molecule has 0 aliphatic carbocycles. The number of nitrogens with one attached hydrogen (secondary N) is 3. The standard InChI is InChI=1S/C17H19N3O4S/c1-2-24-13-7-5-12(6-8-13)18-15(21)9-10-16(22)19-20-17(23)14-4-3-11-25-14/h3-8,11H,2,9-10H2,1H3,(H,18,21)(H,19,22)(H,20,23). The fourth-order valence-corrected chi connectivity index (χ4v) is 2.53. The van der Waals surface area contributed by atoms with Crippen molar-refractivity contribution in [3.05, 3.63) is 46.7 Å². The molecule has 3 amide bonds. The lowest BCUT2D eigenvalue weighted by Crippen LogP contribution is -2.41. The second kappa shape index (κ2) is 9.43. The number of anilines is 1. The first kappa shape index (κ1) is 18.5. The smallest absolute Gasteiger partial charge is 0.279 e. The van der Waals surface area contributed by atoms with E-state index in [9.17, 15) is 14.4 Å². The third kappa shape index (κ3) is 6.27. The Labute approximate surface area is 149 Å². The van der Waals surface area contributed by atoms with Crippen LogP contribution in [0, 0.1) is 0 Å². The Morgan fingerprint density at radius 2 is 1.72 bits per heavy atom. The fraction of sp³-hybridized carbons (Fsp3) is 0.235. The third-order valence-electron chi connectivity index (χ3n) is 3.09. The lowest BCUT2D eigenvalue weighted by Gasteiger charge is -2.08. The number of benzene rings is 1. The summed E-state index contributed by atoms with van der Waals surface area (Å²) >= 11 is 1.27. The van der Waals surface area contributed by atoms with Crippen molar-refractivity contribution in [2.75, 3.05) is 11.9 Å². The molecular formula is C17H19N3O4S. The monoisotopic (exact) mass is 361 g/mol. The molecular weight excluding hydrogens is 342 g/mol. The van der Waals surface area contributed by atoms with E-state index in [1.807, 2.05) is 6.92 Å². The first-order valence-corrected chi connectivity index (χ1v) is 8.62. The van der Waals surface area contributed by atoms with Gasteiger partial charge in [0, 0.05) is 18.5 Å². The molecule has 0 bridgehead atoms. The molecule has 0 unspecified atom stereocenters. The maximum absolute atomic E-state index is 11.8. The van der Waals surface area contributed by atoms with Crippen LogP contribution in [0.5, 0.6) is 5.75 Å². The number of ether oxygens (including phenoxy) is 1. The second-order valence-electron chi connectivity index (χ2n) is 4.99. The van der Waals surface area contributed by atoms with Crippen molar-refractivity contribution in [3.63, 3.8) is 0 Å². The van der Waals surface area contributed by atoms with Crippen LogP contribution in [0.4, 0.5) is 5.69 Å². The molecule has 7 nitrogen and oxygen atoms in total. The molecule has 3 N–H and O–H groups in total. The highest BCUT2D eigenvalue weighted by Gasteiger charge is 2.10. The summed E-state index contributed by atoms with van der Waals surface area (Å²) in [5.74, 6) is -0.390. The second-order valence-corrected chi connectivity index (χ2v) is 5.93. The Kier molecular flexibility index (Phi) is 6.97. The van der Waals surface area contributed by atoms with Crippen molar-refractivity contribution in [1.82, 2.24) is 10.9 Å². The molecule has 0 radical (unpaired) electrons. The Morgan fingerprint density at radius 3 is 2.36 bits per heavy atom. The molecule has 1 aromatic heterocycles. The average molecular weight is 361 g/mol. The van der Waals surface area contributed by atoms with E-state index in [0.717, 1.165) is 5.75 Å². The van der Waals surface area contributed by atoms with Crippen LogP contribution in [0.2, 0.25) is 0 Å². The average Bonchev–Trinajstić information content (AvgIpc) is 3.14. The number of rotatable bonds is 7. The van der Waals surface area contributed by atoms with E-state index in [1.54, 1.807) is 41.8 Å². The molecule has 25 heavy (non-hydrogen) atoms. The van der Waals surface area contributed by atoms with Crippen LogP contribution >= 0.6 is 11.3 Å². The van der Waals surface area contributed by atoms with E-state index in [4.69, 9.17) is 4.74 Å². The van der Waals surface area contributed by atoms with Crippen LogP contribution < -0.4 is 20.9 Å². The summed E-state index contributed by atoms with van der Waals surface area (Å²) < 4.78 is 5.32. The van der Waals surface area contributed by atoms with Gasteiger partial charge in [-0.25, -0.2) is 0 Å². The molecule has 0 saturated heterocycles. The van der Waals surface area contributed by atoms with E-state index in [-0.39, 0.29) is 24.7 Å². The minimum absolute atomic E-state index is 0.00785. The van der Waals surface area contributed by atoms with Crippen LogP contribution in [0.25, 0.3) is 0 Å². The van der Waals surface area contributed by atoms with Gasteiger partial charge in [0.25, 0.3) is 5.91 Å². The van der Waals surface area contributed by atoms with Crippen LogP contribution in [0.1, 0.15) is 29.4 Å². The molecule has 2 rings (SSSR count). The van der Waals surface area contributed by atoms with Gasteiger partial charge in [-0.15, -0.1) is 11.3 Å². The van der Waals surface area contributed by atoms with Gasteiger partial charge < -0.3 is 10.1 Å². The van der Waals surface area contributed by atoms with Gasteiger partial charge in [0.15, 0.2) is 0 Å². The largest absolute Gasteiger partial charge is 0.494 e. The van der Waals surface area contributed by atoms with E-state index in [2.05, 4.69) is 16.2 Å². The zero-order chi connectivity index (χ0) is 18.1. The van der Waals surface area contributed by atoms with E-state index in [1.165, 1.54) is 11.3 Å². The molecule has 1 heterocycles. The number of hydrogen-bond donors (Lipinski definition) is 3. The van der Waals surface area contributed by atoms with Crippen molar-refractivity contribution < 1.29 is 19.1 Å². The van der Waals surface area contributed by atoms with Gasteiger partial charge in [0.05, 0.1) is 11.5 Å². The molecule has 132 valence electrons. The zero-order valence-corrected chi connectivity index (χ0v) is 14.5. The summed E-state index contributed by atoms with van der Waals surface area (Å²) in [5.41, 5.74) is 5.21. The summed E-state index contributed by atoms with van der Waals surface area (Å²) in [5, 5.41) is 4.46. The predicted octanol–water partition coefficient (Wildman–Crippen LogP) is 2.33. The highest BCUT2D eigenvalue weighted by molar-refractivity contribution is 7.12. The molecule has 8 heteroatoms. The van der Waals surface area contributed by atoms with E-state index in [0.29, 0.717) is 17.2 Å². The molecule has 0 fully saturated rings. The lowest BCUT2D eigenvalue weighted by atomic mass is 10.2. The van der Waals surface area contributed by atoms with Crippen molar-refractivity contribution in [2.24, 2.45) is 0 Å². The number of carbonyl (C=O) groups excluding carboxylic acids is 3. The van der Waals surface area contributed by atoms with Gasteiger partial charge >= 0.3 is 0 Å². The number of thiophene rings is 1. The van der Waals surface area contributed by atoms with Crippen LogP contribution in [0.3, 0.4) is 0 Å². The van der Waals surface area contributed by atoms with Crippen molar-refractivity contribution >= 4 is 34.7 Å². The molecule has 0 saturated carbocycles. The predicted molar refractivity (Wildman–Crippen MR) is 95.4 cm³/mol. The molecule has 0 aliphatic rings. The lowest BCUT2D eigenvalue weighted by molar-refractivity contribution is -0.124. The quantitative estimate of drug-likeness (QED) is 0.660. The Hall–Kier alpha value is -2.87. The topological polar surface area (TPSA) is 96.5 Å². The fourth-order valence-electron chi connectivity index (χ4n) is 1.91. The maximum Gasteiger partial charge on any atom is 0.279 e. The Morgan fingerprint density at radius 1 is 1.00 bits per heavy atom. The van der Waals surface area contributed by atoms with Gasteiger partial charge in [-0.2, -0.15) is 0 Å². The van der Waals surface area contributed by atoms with Crippen LogP contribution in [-0.4, -0.2) is 24.3 Å². The van der Waals surface area contributed by atoms with Gasteiger partial charge in [-0.3, -0.25) is 25.2 Å². The van der Waals surface area contributed by atoms with Crippen molar-refractivity contribution in [1.29, 1.82) is 0 Å². The normalized spacial score (nSPS) is 9.96. The van der Waals surface area contributed by atoms with Crippen LogP contribution in [0.15, 0.2) is 41.8 Å². The van der Waals surface area contributed by atoms with Gasteiger partial charge in [0.1, 0.15) is 5.75 Å². The van der Waals surface area contributed by atoms with Crippen molar-refractivity contribution in [2.45, 2.75) is 19.8 Å². The minimum Gasteiger partial charge on any atom is -0.494 e. The summed E-state index contributed by atoms with van der Waals surface area (Å²) in [6.07, 6.45) is -0.0263.